The van der Waals surface area contributed by atoms with Crippen LogP contribution in [0.1, 0.15) is 38.9 Å². The standard InChI is InChI=1S/C15H28N4/c1-12(2)13(9-18(4)5)19-11-17-8-14(19)15(3)6-7-16-10-15/h8,11-13,16H,6-7,9-10H2,1-5H3. The van der Waals surface area contributed by atoms with Crippen LogP contribution in [0.3, 0.4) is 0 Å². The minimum atomic E-state index is 0.232. The Bertz CT molecular complexity index is 402. The fraction of sp³-hybridized carbons (Fsp3) is 0.800. The molecule has 2 rings (SSSR count). The lowest BCUT2D eigenvalue weighted by Crippen LogP contribution is -2.34. The molecular formula is C15H28N4. The van der Waals surface area contributed by atoms with Gasteiger partial charge in [-0.15, -0.1) is 0 Å². The molecule has 1 aromatic rings. The molecule has 1 N–H and O–H groups in total. The van der Waals surface area contributed by atoms with Gasteiger partial charge in [0, 0.05) is 36.4 Å². The average Bonchev–Trinajstić information content (AvgIpc) is 2.94. The van der Waals surface area contributed by atoms with Crippen molar-refractivity contribution < 1.29 is 0 Å². The number of rotatable bonds is 5. The van der Waals surface area contributed by atoms with Crippen LogP contribution in [0, 0.1) is 5.92 Å². The van der Waals surface area contributed by atoms with Gasteiger partial charge in [0.05, 0.1) is 6.33 Å². The van der Waals surface area contributed by atoms with Crippen molar-refractivity contribution in [3.8, 4) is 0 Å². The number of aromatic nitrogens is 2. The predicted molar refractivity (Wildman–Crippen MR) is 79.5 cm³/mol. The van der Waals surface area contributed by atoms with Crippen LogP contribution < -0.4 is 5.32 Å². The number of imidazole rings is 1. The number of hydrogen-bond donors (Lipinski definition) is 1. The first-order valence-electron chi connectivity index (χ1n) is 7.32. The maximum atomic E-state index is 4.44. The molecule has 1 aromatic heterocycles. The molecule has 2 unspecified atom stereocenters. The summed E-state index contributed by atoms with van der Waals surface area (Å²) in [5.74, 6) is 0.605. The molecule has 108 valence electrons. The number of nitrogens with one attached hydrogen (secondary N) is 1. The number of likely N-dealkylation sites (N-methyl/N-ethyl adjacent to an activating group) is 1. The lowest BCUT2D eigenvalue weighted by atomic mass is 9.85. The third kappa shape index (κ3) is 3.00. The van der Waals surface area contributed by atoms with Gasteiger partial charge in [0.15, 0.2) is 0 Å². The van der Waals surface area contributed by atoms with Crippen molar-refractivity contribution in [3.63, 3.8) is 0 Å². The Kier molecular flexibility index (Phi) is 4.31. The van der Waals surface area contributed by atoms with Crippen molar-refractivity contribution >= 4 is 0 Å². The van der Waals surface area contributed by atoms with Crippen molar-refractivity contribution in [3.05, 3.63) is 18.2 Å². The highest BCUT2D eigenvalue weighted by Crippen LogP contribution is 2.33. The smallest absolute Gasteiger partial charge is 0.0951 e. The molecule has 4 heteroatoms. The van der Waals surface area contributed by atoms with Crippen molar-refractivity contribution in [2.75, 3.05) is 33.7 Å². The first kappa shape index (κ1) is 14.5. The minimum absolute atomic E-state index is 0.232. The highest BCUT2D eigenvalue weighted by atomic mass is 15.2. The summed E-state index contributed by atoms with van der Waals surface area (Å²) in [5.41, 5.74) is 1.62. The van der Waals surface area contributed by atoms with Crippen LogP contribution >= 0.6 is 0 Å². The van der Waals surface area contributed by atoms with E-state index in [-0.39, 0.29) is 5.41 Å². The molecule has 1 fully saturated rings. The number of nitrogens with zero attached hydrogens (tertiary/aromatic N) is 3. The Morgan fingerprint density at radius 1 is 1.47 bits per heavy atom. The molecule has 0 aromatic carbocycles. The van der Waals surface area contributed by atoms with Gasteiger partial charge in [-0.25, -0.2) is 4.98 Å². The Hall–Kier alpha value is -0.870. The van der Waals surface area contributed by atoms with Crippen LogP contribution in [0.4, 0.5) is 0 Å². The summed E-state index contributed by atoms with van der Waals surface area (Å²) in [6.07, 6.45) is 5.29. The molecule has 1 aliphatic heterocycles. The minimum Gasteiger partial charge on any atom is -0.329 e. The second-order valence-electron chi connectivity index (χ2n) is 6.75. The van der Waals surface area contributed by atoms with E-state index >= 15 is 0 Å². The van der Waals surface area contributed by atoms with E-state index < -0.39 is 0 Å². The maximum Gasteiger partial charge on any atom is 0.0951 e. The van der Waals surface area contributed by atoms with Gasteiger partial charge in [-0.1, -0.05) is 20.8 Å². The zero-order valence-electron chi connectivity index (χ0n) is 13.0. The molecule has 2 atom stereocenters. The van der Waals surface area contributed by atoms with Gasteiger partial charge in [0.2, 0.25) is 0 Å². The summed E-state index contributed by atoms with van der Waals surface area (Å²) in [6, 6.07) is 0.491. The Morgan fingerprint density at radius 2 is 2.21 bits per heavy atom. The van der Waals surface area contributed by atoms with Gasteiger partial charge in [0.25, 0.3) is 0 Å². The van der Waals surface area contributed by atoms with Gasteiger partial charge >= 0.3 is 0 Å². The summed E-state index contributed by atoms with van der Waals surface area (Å²) < 4.78 is 2.41. The van der Waals surface area contributed by atoms with Crippen LogP contribution in [-0.2, 0) is 5.41 Å². The third-order valence-corrected chi connectivity index (χ3v) is 4.33. The molecule has 0 saturated carbocycles. The molecule has 0 radical (unpaired) electrons. The van der Waals surface area contributed by atoms with Gasteiger partial charge in [-0.3, -0.25) is 0 Å². The molecule has 0 bridgehead atoms. The molecule has 19 heavy (non-hydrogen) atoms. The molecule has 0 spiro atoms. The highest BCUT2D eigenvalue weighted by Gasteiger charge is 2.35. The number of hydrogen-bond acceptors (Lipinski definition) is 3. The van der Waals surface area contributed by atoms with Gasteiger partial charge in [-0.05, 0) is 33.0 Å². The van der Waals surface area contributed by atoms with Crippen LogP contribution in [-0.4, -0.2) is 48.2 Å². The average molecular weight is 264 g/mol. The topological polar surface area (TPSA) is 33.1 Å². The first-order valence-corrected chi connectivity index (χ1v) is 7.32. The van der Waals surface area contributed by atoms with E-state index in [0.29, 0.717) is 12.0 Å². The normalized spacial score (nSPS) is 25.4. The monoisotopic (exact) mass is 264 g/mol. The summed E-state index contributed by atoms with van der Waals surface area (Å²) in [4.78, 5) is 6.71. The van der Waals surface area contributed by atoms with E-state index in [2.05, 4.69) is 60.8 Å². The SMILES string of the molecule is CC(C)C(CN(C)C)n1cncc1C1(C)CCNC1. The van der Waals surface area contributed by atoms with E-state index in [1.54, 1.807) is 0 Å². The van der Waals surface area contributed by atoms with Crippen LogP contribution in [0.15, 0.2) is 12.5 Å². The lowest BCUT2D eigenvalue weighted by Gasteiger charge is -2.32. The highest BCUT2D eigenvalue weighted by molar-refractivity contribution is 5.18. The first-order chi connectivity index (χ1) is 8.94. The molecule has 2 heterocycles. The van der Waals surface area contributed by atoms with E-state index in [0.717, 1.165) is 19.6 Å². The zero-order chi connectivity index (χ0) is 14.0. The fourth-order valence-corrected chi connectivity index (χ4v) is 3.07. The van der Waals surface area contributed by atoms with Crippen LogP contribution in [0.25, 0.3) is 0 Å². The van der Waals surface area contributed by atoms with Crippen LogP contribution in [0.5, 0.6) is 0 Å². The predicted octanol–water partition coefficient (Wildman–Crippen LogP) is 1.89. The largest absolute Gasteiger partial charge is 0.329 e. The van der Waals surface area contributed by atoms with Crippen molar-refractivity contribution in [2.45, 2.75) is 38.6 Å². The van der Waals surface area contributed by atoms with E-state index in [9.17, 15) is 0 Å². The van der Waals surface area contributed by atoms with Gasteiger partial charge in [0.1, 0.15) is 0 Å². The lowest BCUT2D eigenvalue weighted by molar-refractivity contribution is 0.257. The molecule has 4 nitrogen and oxygen atoms in total. The zero-order valence-corrected chi connectivity index (χ0v) is 13.0. The second-order valence-corrected chi connectivity index (χ2v) is 6.75. The molecule has 1 aliphatic rings. The molecule has 0 amide bonds. The van der Waals surface area contributed by atoms with E-state index in [1.165, 1.54) is 12.1 Å². The van der Waals surface area contributed by atoms with Gasteiger partial charge in [-0.2, -0.15) is 0 Å². The molecule has 0 aliphatic carbocycles. The fourth-order valence-electron chi connectivity index (χ4n) is 3.07. The van der Waals surface area contributed by atoms with Gasteiger partial charge < -0.3 is 14.8 Å². The summed E-state index contributed by atoms with van der Waals surface area (Å²) in [7, 11) is 4.29. The van der Waals surface area contributed by atoms with Crippen molar-refractivity contribution in [1.82, 2.24) is 19.8 Å². The van der Waals surface area contributed by atoms with E-state index in [4.69, 9.17) is 0 Å². The summed E-state index contributed by atoms with van der Waals surface area (Å²) in [6.45, 7) is 10.2. The Labute approximate surface area is 117 Å². The van der Waals surface area contributed by atoms with Crippen LogP contribution in [0.2, 0.25) is 0 Å². The van der Waals surface area contributed by atoms with Crippen molar-refractivity contribution in [1.29, 1.82) is 0 Å². The maximum absolute atomic E-state index is 4.44. The Morgan fingerprint density at radius 3 is 2.74 bits per heavy atom. The summed E-state index contributed by atoms with van der Waals surface area (Å²) in [5, 5.41) is 3.49. The molecular weight excluding hydrogens is 236 g/mol. The molecule has 1 saturated heterocycles. The quantitative estimate of drug-likeness (QED) is 0.881. The third-order valence-electron chi connectivity index (χ3n) is 4.33. The Balaban J connectivity index is 2.31. The second kappa shape index (κ2) is 5.63. The summed E-state index contributed by atoms with van der Waals surface area (Å²) >= 11 is 0. The van der Waals surface area contributed by atoms with Crippen molar-refractivity contribution in [2.24, 2.45) is 5.92 Å². The van der Waals surface area contributed by atoms with E-state index in [1.807, 2.05) is 6.33 Å².